The Morgan fingerprint density at radius 2 is 1.60 bits per heavy atom. The lowest BCUT2D eigenvalue weighted by molar-refractivity contribution is -0.137. The zero-order chi connectivity index (χ0) is 11.5. The molecule has 0 nitrogen and oxygen atoms in total. The van der Waals surface area contributed by atoms with Gasteiger partial charge in [-0.2, -0.15) is 13.2 Å². The van der Waals surface area contributed by atoms with E-state index in [9.17, 15) is 13.2 Å². The van der Waals surface area contributed by atoms with Gasteiger partial charge in [0.1, 0.15) is 0 Å². The second-order valence-corrected chi connectivity index (χ2v) is 3.50. The molecule has 1 rings (SSSR count). The molecular formula is C12H11F3. The second kappa shape index (κ2) is 4.39. The molecule has 0 radical (unpaired) electrons. The number of halogens is 3. The maximum Gasteiger partial charge on any atom is 0.416 e. The van der Waals surface area contributed by atoms with Crippen molar-refractivity contribution in [3.05, 3.63) is 35.4 Å². The summed E-state index contributed by atoms with van der Waals surface area (Å²) in [6.07, 6.45) is -4.27. The van der Waals surface area contributed by atoms with Crippen molar-refractivity contribution < 1.29 is 13.2 Å². The summed E-state index contributed by atoms with van der Waals surface area (Å²) in [7, 11) is 0. The molecule has 80 valence electrons. The highest BCUT2D eigenvalue weighted by molar-refractivity contribution is 5.37. The van der Waals surface area contributed by atoms with Gasteiger partial charge in [0.05, 0.1) is 5.56 Å². The summed E-state index contributed by atoms with van der Waals surface area (Å²) in [5.74, 6) is 5.91. The molecule has 0 fully saturated rings. The first-order valence-electron chi connectivity index (χ1n) is 4.58. The number of benzene rings is 1. The number of alkyl halides is 3. The van der Waals surface area contributed by atoms with E-state index in [1.54, 1.807) is 0 Å². The monoisotopic (exact) mass is 212 g/mol. The number of hydrogen-bond donors (Lipinski definition) is 0. The Morgan fingerprint density at radius 1 is 1.07 bits per heavy atom. The fourth-order valence-corrected chi connectivity index (χ4v) is 0.970. The molecule has 0 aromatic heterocycles. The largest absolute Gasteiger partial charge is 0.416 e. The predicted molar refractivity (Wildman–Crippen MR) is 53.2 cm³/mol. The van der Waals surface area contributed by atoms with Gasteiger partial charge in [-0.15, -0.1) is 0 Å². The molecule has 0 aliphatic rings. The van der Waals surface area contributed by atoms with E-state index >= 15 is 0 Å². The van der Waals surface area contributed by atoms with Crippen molar-refractivity contribution >= 4 is 0 Å². The Labute approximate surface area is 87.1 Å². The number of rotatable bonds is 0. The zero-order valence-corrected chi connectivity index (χ0v) is 8.52. The average Bonchev–Trinajstić information content (AvgIpc) is 2.14. The van der Waals surface area contributed by atoms with Crippen molar-refractivity contribution in [1.82, 2.24) is 0 Å². The lowest BCUT2D eigenvalue weighted by atomic mass is 10.1. The van der Waals surface area contributed by atoms with E-state index in [-0.39, 0.29) is 5.92 Å². The Kier molecular flexibility index (Phi) is 3.41. The van der Waals surface area contributed by atoms with E-state index in [1.807, 2.05) is 13.8 Å². The summed E-state index contributed by atoms with van der Waals surface area (Å²) in [6, 6.07) is 4.87. The Bertz CT molecular complexity index is 374. The minimum absolute atomic E-state index is 0.215. The van der Waals surface area contributed by atoms with E-state index in [4.69, 9.17) is 0 Å². The SMILES string of the molecule is CC(C)C#Cc1ccc(C(F)(F)F)cc1. The Hall–Kier alpha value is -1.43. The van der Waals surface area contributed by atoms with E-state index in [2.05, 4.69) is 11.8 Å². The predicted octanol–water partition coefficient (Wildman–Crippen LogP) is 3.71. The van der Waals surface area contributed by atoms with Gasteiger partial charge in [-0.3, -0.25) is 0 Å². The van der Waals surface area contributed by atoms with E-state index in [0.717, 1.165) is 12.1 Å². The van der Waals surface area contributed by atoms with Gasteiger partial charge in [-0.25, -0.2) is 0 Å². The molecule has 1 aromatic rings. The fraction of sp³-hybridized carbons (Fsp3) is 0.333. The molecule has 1 aromatic carbocycles. The second-order valence-electron chi connectivity index (χ2n) is 3.50. The molecule has 0 bridgehead atoms. The Morgan fingerprint density at radius 3 is 2.00 bits per heavy atom. The fourth-order valence-electron chi connectivity index (χ4n) is 0.970. The van der Waals surface area contributed by atoms with E-state index < -0.39 is 11.7 Å². The smallest absolute Gasteiger partial charge is 0.166 e. The van der Waals surface area contributed by atoms with Gasteiger partial charge in [0, 0.05) is 11.5 Å². The van der Waals surface area contributed by atoms with Crippen LogP contribution in [0.25, 0.3) is 0 Å². The maximum absolute atomic E-state index is 12.2. The molecule has 0 atom stereocenters. The third-order valence-electron chi connectivity index (χ3n) is 1.72. The van der Waals surface area contributed by atoms with Gasteiger partial charge in [0.15, 0.2) is 0 Å². The highest BCUT2D eigenvalue weighted by Gasteiger charge is 2.29. The first-order valence-corrected chi connectivity index (χ1v) is 4.58. The molecule has 0 spiro atoms. The molecule has 0 unspecified atom stereocenters. The van der Waals surface area contributed by atoms with Gasteiger partial charge in [0.2, 0.25) is 0 Å². The van der Waals surface area contributed by atoms with Crippen LogP contribution in [-0.4, -0.2) is 0 Å². The van der Waals surface area contributed by atoms with Crippen LogP contribution in [0.2, 0.25) is 0 Å². The summed E-state index contributed by atoms with van der Waals surface area (Å²) in [5, 5.41) is 0. The number of hydrogen-bond acceptors (Lipinski definition) is 0. The van der Waals surface area contributed by atoms with Gasteiger partial charge in [0.25, 0.3) is 0 Å². The summed E-state index contributed by atoms with van der Waals surface area (Å²) in [4.78, 5) is 0. The lowest BCUT2D eigenvalue weighted by Crippen LogP contribution is -2.04. The zero-order valence-electron chi connectivity index (χ0n) is 8.52. The van der Waals surface area contributed by atoms with Crippen LogP contribution < -0.4 is 0 Å². The molecule has 0 amide bonds. The van der Waals surface area contributed by atoms with Crippen LogP contribution in [0, 0.1) is 17.8 Å². The minimum atomic E-state index is -4.27. The van der Waals surface area contributed by atoms with Crippen LogP contribution in [0.3, 0.4) is 0 Å². The van der Waals surface area contributed by atoms with Gasteiger partial charge >= 0.3 is 6.18 Å². The average molecular weight is 212 g/mol. The molecule has 0 N–H and O–H groups in total. The van der Waals surface area contributed by atoms with Crippen LogP contribution in [0.5, 0.6) is 0 Å². The molecule has 0 saturated heterocycles. The van der Waals surface area contributed by atoms with Crippen LogP contribution >= 0.6 is 0 Å². The third kappa shape index (κ3) is 3.67. The quantitative estimate of drug-likeness (QED) is 0.575. The van der Waals surface area contributed by atoms with Crippen molar-refractivity contribution in [3.63, 3.8) is 0 Å². The van der Waals surface area contributed by atoms with Crippen molar-refractivity contribution in [1.29, 1.82) is 0 Å². The third-order valence-corrected chi connectivity index (χ3v) is 1.72. The minimum Gasteiger partial charge on any atom is -0.166 e. The normalized spacial score (nSPS) is 11.1. The van der Waals surface area contributed by atoms with Crippen LogP contribution in [0.15, 0.2) is 24.3 Å². The van der Waals surface area contributed by atoms with Crippen LogP contribution in [0.1, 0.15) is 25.0 Å². The summed E-state index contributed by atoms with van der Waals surface area (Å²) in [6.45, 7) is 3.86. The molecule has 0 saturated carbocycles. The van der Waals surface area contributed by atoms with E-state index in [1.165, 1.54) is 12.1 Å². The van der Waals surface area contributed by atoms with Gasteiger partial charge < -0.3 is 0 Å². The van der Waals surface area contributed by atoms with Crippen molar-refractivity contribution in [2.24, 2.45) is 5.92 Å². The first kappa shape index (κ1) is 11.6. The molecular weight excluding hydrogens is 201 g/mol. The van der Waals surface area contributed by atoms with Gasteiger partial charge in [-0.1, -0.05) is 25.7 Å². The topological polar surface area (TPSA) is 0 Å². The molecule has 3 heteroatoms. The summed E-state index contributed by atoms with van der Waals surface area (Å²) in [5.41, 5.74) is -0.0331. The van der Waals surface area contributed by atoms with Gasteiger partial charge in [-0.05, 0) is 24.3 Å². The molecule has 0 heterocycles. The highest BCUT2D eigenvalue weighted by Crippen LogP contribution is 2.28. The summed E-state index contributed by atoms with van der Waals surface area (Å²) >= 11 is 0. The van der Waals surface area contributed by atoms with Crippen LogP contribution in [0.4, 0.5) is 13.2 Å². The summed E-state index contributed by atoms with van der Waals surface area (Å²) < 4.78 is 36.6. The van der Waals surface area contributed by atoms with Crippen LogP contribution in [-0.2, 0) is 6.18 Å². The Balaban J connectivity index is 2.88. The highest BCUT2D eigenvalue weighted by atomic mass is 19.4. The molecule has 0 aliphatic heterocycles. The van der Waals surface area contributed by atoms with E-state index in [0.29, 0.717) is 5.56 Å². The lowest BCUT2D eigenvalue weighted by Gasteiger charge is -2.05. The molecule has 15 heavy (non-hydrogen) atoms. The maximum atomic E-state index is 12.2. The van der Waals surface area contributed by atoms with Crippen molar-refractivity contribution in [2.45, 2.75) is 20.0 Å². The standard InChI is InChI=1S/C12H11F3/c1-9(2)3-4-10-5-7-11(8-6-10)12(13,14)15/h5-9H,1-2H3. The first-order chi connectivity index (χ1) is 6.89. The molecule has 0 aliphatic carbocycles. The van der Waals surface area contributed by atoms with Crippen molar-refractivity contribution in [3.8, 4) is 11.8 Å². The van der Waals surface area contributed by atoms with Crippen molar-refractivity contribution in [2.75, 3.05) is 0 Å².